The van der Waals surface area contributed by atoms with Crippen LogP contribution in [0.25, 0.3) is 22.6 Å². The molecule has 7 nitrogen and oxygen atoms in total. The van der Waals surface area contributed by atoms with E-state index in [0.717, 1.165) is 29.7 Å². The van der Waals surface area contributed by atoms with E-state index in [9.17, 15) is 9.59 Å². The van der Waals surface area contributed by atoms with Crippen LogP contribution in [0.15, 0.2) is 71.1 Å². The first kappa shape index (κ1) is 24.6. The molecule has 0 atom stereocenters. The Balaban J connectivity index is 1.13. The first-order chi connectivity index (χ1) is 18.0. The molecule has 0 saturated carbocycles. The molecule has 1 aliphatic heterocycles. The van der Waals surface area contributed by atoms with Crippen LogP contribution in [0.2, 0.25) is 0 Å². The Morgan fingerprint density at radius 2 is 1.76 bits per heavy atom. The van der Waals surface area contributed by atoms with Crippen molar-refractivity contribution in [1.82, 2.24) is 15.2 Å². The average molecular weight is 498 g/mol. The van der Waals surface area contributed by atoms with Crippen molar-refractivity contribution in [2.45, 2.75) is 32.7 Å². The molecule has 4 aromatic rings. The van der Waals surface area contributed by atoms with Gasteiger partial charge in [-0.2, -0.15) is 0 Å². The fourth-order valence-corrected chi connectivity index (χ4v) is 4.68. The van der Waals surface area contributed by atoms with E-state index in [1.54, 1.807) is 19.2 Å². The molecule has 5 rings (SSSR count). The van der Waals surface area contributed by atoms with E-state index < -0.39 is 0 Å². The molecule has 2 amide bonds. The number of methoxy groups -OCH3 is 1. The van der Waals surface area contributed by atoms with Gasteiger partial charge in [0.1, 0.15) is 11.3 Å². The highest BCUT2D eigenvalue weighted by atomic mass is 16.5. The summed E-state index contributed by atoms with van der Waals surface area (Å²) in [5, 5.41) is 3.00. The number of carbonyl (C=O) groups is 2. The summed E-state index contributed by atoms with van der Waals surface area (Å²) in [5.74, 6) is 1.65. The number of aryl methyl sites for hydroxylation is 1. The zero-order valence-electron chi connectivity index (χ0n) is 21.2. The van der Waals surface area contributed by atoms with Crippen molar-refractivity contribution in [3.05, 3.63) is 83.4 Å². The van der Waals surface area contributed by atoms with Gasteiger partial charge in [-0.05, 0) is 73.7 Å². The number of piperidine rings is 1. The van der Waals surface area contributed by atoms with Gasteiger partial charge in [-0.1, -0.05) is 29.8 Å². The van der Waals surface area contributed by atoms with Crippen molar-refractivity contribution in [1.29, 1.82) is 0 Å². The molecule has 1 fully saturated rings. The van der Waals surface area contributed by atoms with Crippen molar-refractivity contribution < 1.29 is 18.7 Å². The summed E-state index contributed by atoms with van der Waals surface area (Å²) in [6.45, 7) is 3.81. The summed E-state index contributed by atoms with van der Waals surface area (Å²) in [7, 11) is 1.63. The Morgan fingerprint density at radius 1 is 1.03 bits per heavy atom. The zero-order chi connectivity index (χ0) is 25.8. The molecular weight excluding hydrogens is 466 g/mol. The predicted molar refractivity (Wildman–Crippen MR) is 142 cm³/mol. The van der Waals surface area contributed by atoms with Crippen LogP contribution < -0.4 is 10.1 Å². The number of aromatic nitrogens is 1. The van der Waals surface area contributed by atoms with E-state index in [4.69, 9.17) is 9.15 Å². The molecule has 0 bridgehead atoms. The number of nitrogens with zero attached hydrogens (tertiary/aromatic N) is 2. The van der Waals surface area contributed by atoms with Gasteiger partial charge in [0.05, 0.1) is 7.11 Å². The number of ether oxygens (including phenoxy) is 1. The summed E-state index contributed by atoms with van der Waals surface area (Å²) < 4.78 is 11.1. The SMILES string of the molecule is COc1ccc(CNC(=O)CC2CCN(C(=O)c3ccc4oc(-c5ccc(C)cc5)nc4c3)CC2)cc1. The minimum Gasteiger partial charge on any atom is -0.497 e. The topological polar surface area (TPSA) is 84.7 Å². The van der Waals surface area contributed by atoms with Gasteiger partial charge >= 0.3 is 0 Å². The third-order valence-electron chi connectivity index (χ3n) is 6.96. The Morgan fingerprint density at radius 3 is 2.46 bits per heavy atom. The van der Waals surface area contributed by atoms with Crippen LogP contribution in [-0.4, -0.2) is 41.9 Å². The minimum absolute atomic E-state index is 0.0100. The molecule has 3 aromatic carbocycles. The largest absolute Gasteiger partial charge is 0.497 e. The molecular formula is C30H31N3O4. The van der Waals surface area contributed by atoms with Crippen molar-refractivity contribution >= 4 is 22.9 Å². The summed E-state index contributed by atoms with van der Waals surface area (Å²) in [6, 6.07) is 21.1. The molecule has 7 heteroatoms. The average Bonchev–Trinajstić information content (AvgIpc) is 3.36. The Labute approximate surface area is 216 Å². The lowest BCUT2D eigenvalue weighted by molar-refractivity contribution is -0.122. The summed E-state index contributed by atoms with van der Waals surface area (Å²) in [5.41, 5.74) is 5.04. The van der Waals surface area contributed by atoms with E-state index >= 15 is 0 Å². The Bertz CT molecular complexity index is 1380. The van der Waals surface area contributed by atoms with Gasteiger partial charge in [-0.25, -0.2) is 4.98 Å². The number of hydrogen-bond donors (Lipinski definition) is 1. The molecule has 0 aliphatic carbocycles. The van der Waals surface area contributed by atoms with Crippen molar-refractivity contribution in [2.75, 3.05) is 20.2 Å². The van der Waals surface area contributed by atoms with E-state index in [0.29, 0.717) is 48.6 Å². The maximum absolute atomic E-state index is 13.2. The van der Waals surface area contributed by atoms with E-state index in [-0.39, 0.29) is 17.7 Å². The van der Waals surface area contributed by atoms with Crippen LogP contribution in [0.4, 0.5) is 0 Å². The summed E-state index contributed by atoms with van der Waals surface area (Å²) >= 11 is 0. The van der Waals surface area contributed by atoms with Crippen molar-refractivity contribution in [3.63, 3.8) is 0 Å². The van der Waals surface area contributed by atoms with E-state index in [1.807, 2.05) is 66.4 Å². The number of rotatable bonds is 7. The smallest absolute Gasteiger partial charge is 0.253 e. The number of carbonyl (C=O) groups excluding carboxylic acids is 2. The van der Waals surface area contributed by atoms with E-state index in [1.165, 1.54) is 5.56 Å². The normalized spacial score (nSPS) is 14.1. The third kappa shape index (κ3) is 5.82. The molecule has 1 aliphatic rings. The second-order valence-electron chi connectivity index (χ2n) is 9.63. The molecule has 0 spiro atoms. The second kappa shape index (κ2) is 10.9. The molecule has 0 unspecified atom stereocenters. The van der Waals surface area contributed by atoms with Gasteiger partial charge < -0.3 is 19.4 Å². The lowest BCUT2D eigenvalue weighted by atomic mass is 9.92. The number of likely N-dealkylation sites (tertiary alicyclic amines) is 1. The van der Waals surface area contributed by atoms with Crippen LogP contribution in [0.1, 0.15) is 40.7 Å². The number of fused-ring (bicyclic) bond motifs is 1. The quantitative estimate of drug-likeness (QED) is 0.371. The highest BCUT2D eigenvalue weighted by Crippen LogP contribution is 2.27. The maximum atomic E-state index is 13.2. The fourth-order valence-electron chi connectivity index (χ4n) is 4.68. The molecule has 190 valence electrons. The molecule has 1 N–H and O–H groups in total. The van der Waals surface area contributed by atoms with Gasteiger partial charge in [0.25, 0.3) is 5.91 Å². The van der Waals surface area contributed by atoms with E-state index in [2.05, 4.69) is 10.3 Å². The van der Waals surface area contributed by atoms with Crippen LogP contribution in [0.5, 0.6) is 5.75 Å². The van der Waals surface area contributed by atoms with Gasteiger partial charge in [-0.3, -0.25) is 9.59 Å². The molecule has 1 aromatic heterocycles. The monoisotopic (exact) mass is 497 g/mol. The third-order valence-corrected chi connectivity index (χ3v) is 6.96. The summed E-state index contributed by atoms with van der Waals surface area (Å²) in [6.07, 6.45) is 2.10. The van der Waals surface area contributed by atoms with Gasteiger partial charge in [-0.15, -0.1) is 0 Å². The molecule has 1 saturated heterocycles. The molecule has 37 heavy (non-hydrogen) atoms. The number of nitrogens with one attached hydrogen (secondary N) is 1. The highest BCUT2D eigenvalue weighted by Gasteiger charge is 2.25. The standard InChI is InChI=1S/C30H31N3O4/c1-20-3-7-23(8-4-20)29-32-26-18-24(9-12-27(26)37-29)30(35)33-15-13-21(14-16-33)17-28(34)31-19-22-5-10-25(36-2)11-6-22/h3-12,18,21H,13-17,19H2,1-2H3,(H,31,34). The molecule has 2 heterocycles. The summed E-state index contributed by atoms with van der Waals surface area (Å²) in [4.78, 5) is 32.1. The predicted octanol–water partition coefficient (Wildman–Crippen LogP) is 5.37. The number of hydrogen-bond acceptors (Lipinski definition) is 5. The second-order valence-corrected chi connectivity index (χ2v) is 9.63. The zero-order valence-corrected chi connectivity index (χ0v) is 21.2. The first-order valence-electron chi connectivity index (χ1n) is 12.6. The van der Waals surface area contributed by atoms with Gasteiger partial charge in [0.2, 0.25) is 11.8 Å². The Kier molecular flexibility index (Phi) is 7.21. The lowest BCUT2D eigenvalue weighted by Crippen LogP contribution is -2.39. The van der Waals surface area contributed by atoms with Crippen LogP contribution in [-0.2, 0) is 11.3 Å². The number of oxazole rings is 1. The maximum Gasteiger partial charge on any atom is 0.253 e. The number of benzene rings is 3. The number of amides is 2. The highest BCUT2D eigenvalue weighted by molar-refractivity contribution is 5.97. The first-order valence-corrected chi connectivity index (χ1v) is 12.6. The fraction of sp³-hybridized carbons (Fsp3) is 0.300. The van der Waals surface area contributed by atoms with Crippen LogP contribution >= 0.6 is 0 Å². The molecule has 0 radical (unpaired) electrons. The Hall–Kier alpha value is -4.13. The van der Waals surface area contributed by atoms with Gasteiger partial charge in [0.15, 0.2) is 5.58 Å². The van der Waals surface area contributed by atoms with Crippen molar-refractivity contribution in [3.8, 4) is 17.2 Å². The lowest BCUT2D eigenvalue weighted by Gasteiger charge is -2.31. The van der Waals surface area contributed by atoms with Crippen LogP contribution in [0.3, 0.4) is 0 Å². The minimum atomic E-state index is -0.0100. The van der Waals surface area contributed by atoms with Crippen LogP contribution in [0, 0.1) is 12.8 Å². The van der Waals surface area contributed by atoms with Gasteiger partial charge in [0, 0.05) is 37.2 Å². The van der Waals surface area contributed by atoms with Crippen molar-refractivity contribution in [2.24, 2.45) is 5.92 Å².